The molecule has 0 heterocycles. The summed E-state index contributed by atoms with van der Waals surface area (Å²) < 4.78 is 0. The van der Waals surface area contributed by atoms with Gasteiger partial charge in [0.2, 0.25) is 0 Å². The molecule has 0 aliphatic heterocycles. The first kappa shape index (κ1) is 15.9. The van der Waals surface area contributed by atoms with Gasteiger partial charge < -0.3 is 10.4 Å². The second kappa shape index (κ2) is 6.50. The molecule has 0 radical (unpaired) electrons. The number of rotatable bonds is 7. The van der Waals surface area contributed by atoms with Crippen LogP contribution < -0.4 is 5.32 Å². The van der Waals surface area contributed by atoms with Crippen molar-refractivity contribution in [2.45, 2.75) is 68.7 Å². The molecule has 2 unspecified atom stereocenters. The summed E-state index contributed by atoms with van der Waals surface area (Å²) >= 11 is 1.92. The third-order valence-corrected chi connectivity index (χ3v) is 5.15. The number of aryl methyl sites for hydroxylation is 2. The van der Waals surface area contributed by atoms with Gasteiger partial charge in [0.05, 0.1) is 6.61 Å². The van der Waals surface area contributed by atoms with Crippen molar-refractivity contribution < 1.29 is 5.11 Å². The van der Waals surface area contributed by atoms with Gasteiger partial charge in [0.25, 0.3) is 0 Å². The van der Waals surface area contributed by atoms with Crippen LogP contribution in [0.15, 0.2) is 23.1 Å². The highest BCUT2D eigenvalue weighted by Crippen LogP contribution is 2.33. The first-order chi connectivity index (χ1) is 9.42. The molecule has 1 saturated carbocycles. The third kappa shape index (κ3) is 4.51. The lowest BCUT2D eigenvalue weighted by molar-refractivity contribution is 0.164. The Morgan fingerprint density at radius 3 is 2.70 bits per heavy atom. The van der Waals surface area contributed by atoms with E-state index in [1.807, 2.05) is 11.8 Å². The van der Waals surface area contributed by atoms with Gasteiger partial charge in [-0.2, -0.15) is 0 Å². The molecule has 1 fully saturated rings. The fourth-order valence-electron chi connectivity index (χ4n) is 2.62. The lowest BCUT2D eigenvalue weighted by Crippen LogP contribution is -2.48. The predicted molar refractivity (Wildman–Crippen MR) is 87.5 cm³/mol. The summed E-state index contributed by atoms with van der Waals surface area (Å²) in [5.41, 5.74) is 2.50. The van der Waals surface area contributed by atoms with E-state index < -0.39 is 0 Å². The molecule has 2 rings (SSSR count). The quantitative estimate of drug-likeness (QED) is 0.752. The average molecular weight is 293 g/mol. The Balaban J connectivity index is 1.96. The van der Waals surface area contributed by atoms with Crippen LogP contribution in [0.1, 0.15) is 44.2 Å². The van der Waals surface area contributed by atoms with E-state index in [1.165, 1.54) is 28.9 Å². The summed E-state index contributed by atoms with van der Waals surface area (Å²) in [6, 6.07) is 7.25. The van der Waals surface area contributed by atoms with Gasteiger partial charge in [-0.15, -0.1) is 11.8 Å². The maximum Gasteiger partial charge on any atom is 0.0611 e. The molecule has 2 N–H and O–H groups in total. The van der Waals surface area contributed by atoms with E-state index in [0.717, 1.165) is 6.42 Å². The van der Waals surface area contributed by atoms with Crippen molar-refractivity contribution >= 4 is 11.8 Å². The molecule has 0 saturated heterocycles. The van der Waals surface area contributed by atoms with Crippen molar-refractivity contribution in [3.63, 3.8) is 0 Å². The minimum atomic E-state index is -0.148. The number of nitrogens with one attached hydrogen (secondary N) is 1. The van der Waals surface area contributed by atoms with Crippen molar-refractivity contribution in [3.05, 3.63) is 29.3 Å². The van der Waals surface area contributed by atoms with Gasteiger partial charge in [-0.1, -0.05) is 24.6 Å². The minimum Gasteiger partial charge on any atom is -0.394 e. The fraction of sp³-hybridized carbons (Fsp3) is 0.647. The van der Waals surface area contributed by atoms with Gasteiger partial charge in [0, 0.05) is 21.7 Å². The number of hydrogen-bond donors (Lipinski definition) is 2. The Bertz CT molecular complexity index is 458. The lowest BCUT2D eigenvalue weighted by atomic mass is 9.97. The van der Waals surface area contributed by atoms with E-state index in [-0.39, 0.29) is 12.1 Å². The van der Waals surface area contributed by atoms with Gasteiger partial charge in [-0.3, -0.25) is 0 Å². The molecule has 3 heteroatoms. The van der Waals surface area contributed by atoms with Crippen LogP contribution >= 0.6 is 11.8 Å². The zero-order valence-corrected chi connectivity index (χ0v) is 13.9. The van der Waals surface area contributed by atoms with E-state index in [0.29, 0.717) is 11.3 Å². The maximum absolute atomic E-state index is 9.70. The van der Waals surface area contributed by atoms with E-state index in [1.54, 1.807) is 0 Å². The summed E-state index contributed by atoms with van der Waals surface area (Å²) in [7, 11) is 0. The summed E-state index contributed by atoms with van der Waals surface area (Å²) in [4.78, 5) is 1.37. The van der Waals surface area contributed by atoms with Crippen molar-refractivity contribution in [1.82, 2.24) is 5.32 Å². The summed E-state index contributed by atoms with van der Waals surface area (Å²) in [5.74, 6) is 0. The second-order valence-electron chi connectivity index (χ2n) is 6.54. The van der Waals surface area contributed by atoms with Crippen LogP contribution in [0, 0.1) is 13.8 Å². The van der Waals surface area contributed by atoms with Crippen LogP contribution in [0.3, 0.4) is 0 Å². The summed E-state index contributed by atoms with van der Waals surface area (Å²) in [6.07, 6.45) is 3.50. The van der Waals surface area contributed by atoms with E-state index in [2.05, 4.69) is 51.2 Å². The largest absolute Gasteiger partial charge is 0.394 e. The SMILES string of the molecule is Cc1ccc(C)c(SC(C)CC(C)(CO)NC2CC2)c1. The van der Waals surface area contributed by atoms with Gasteiger partial charge in [0.1, 0.15) is 0 Å². The van der Waals surface area contributed by atoms with Crippen LogP contribution in [-0.4, -0.2) is 28.5 Å². The highest BCUT2D eigenvalue weighted by atomic mass is 32.2. The Morgan fingerprint density at radius 1 is 1.40 bits per heavy atom. The summed E-state index contributed by atoms with van der Waals surface area (Å²) in [5, 5.41) is 13.8. The molecule has 1 aromatic rings. The van der Waals surface area contributed by atoms with Gasteiger partial charge in [-0.25, -0.2) is 0 Å². The Labute approximate surface area is 127 Å². The number of benzene rings is 1. The first-order valence-electron chi connectivity index (χ1n) is 7.54. The van der Waals surface area contributed by atoms with Gasteiger partial charge in [-0.05, 0) is 51.7 Å². The monoisotopic (exact) mass is 293 g/mol. The van der Waals surface area contributed by atoms with Crippen LogP contribution in [-0.2, 0) is 0 Å². The highest BCUT2D eigenvalue weighted by Gasteiger charge is 2.33. The van der Waals surface area contributed by atoms with Crippen molar-refractivity contribution in [2.75, 3.05) is 6.61 Å². The Hall–Kier alpha value is -0.510. The molecule has 0 amide bonds. The predicted octanol–water partition coefficient (Wildman–Crippen LogP) is 3.68. The molecule has 1 aliphatic carbocycles. The lowest BCUT2D eigenvalue weighted by Gasteiger charge is -2.31. The molecule has 2 nitrogen and oxygen atoms in total. The molecular formula is C17H27NOS. The highest BCUT2D eigenvalue weighted by molar-refractivity contribution is 8.00. The Morgan fingerprint density at radius 2 is 2.10 bits per heavy atom. The number of aliphatic hydroxyl groups excluding tert-OH is 1. The van der Waals surface area contributed by atoms with Crippen LogP contribution in [0.2, 0.25) is 0 Å². The molecule has 1 aliphatic rings. The van der Waals surface area contributed by atoms with Crippen molar-refractivity contribution in [3.8, 4) is 0 Å². The van der Waals surface area contributed by atoms with Gasteiger partial charge in [0.15, 0.2) is 0 Å². The zero-order valence-electron chi connectivity index (χ0n) is 13.1. The molecule has 1 aromatic carbocycles. The second-order valence-corrected chi connectivity index (χ2v) is 8.02. The van der Waals surface area contributed by atoms with Gasteiger partial charge >= 0.3 is 0 Å². The van der Waals surface area contributed by atoms with Crippen molar-refractivity contribution in [1.29, 1.82) is 0 Å². The molecule has 0 spiro atoms. The first-order valence-corrected chi connectivity index (χ1v) is 8.42. The molecular weight excluding hydrogens is 266 g/mol. The van der Waals surface area contributed by atoms with E-state index in [4.69, 9.17) is 0 Å². The minimum absolute atomic E-state index is 0.148. The standard InChI is InChI=1S/C17H27NOS/c1-12-5-6-13(2)16(9-12)20-14(3)10-17(4,11-19)18-15-7-8-15/h5-6,9,14-15,18-19H,7-8,10-11H2,1-4H3. The topological polar surface area (TPSA) is 32.3 Å². The molecule has 112 valence electrons. The molecule has 20 heavy (non-hydrogen) atoms. The maximum atomic E-state index is 9.70. The van der Waals surface area contributed by atoms with Crippen molar-refractivity contribution in [2.24, 2.45) is 0 Å². The van der Waals surface area contributed by atoms with E-state index >= 15 is 0 Å². The normalized spacial score (nSPS) is 19.6. The smallest absolute Gasteiger partial charge is 0.0611 e. The van der Waals surface area contributed by atoms with Crippen LogP contribution in [0.4, 0.5) is 0 Å². The number of aliphatic hydroxyl groups is 1. The zero-order chi connectivity index (χ0) is 14.8. The van der Waals surface area contributed by atoms with Crippen LogP contribution in [0.25, 0.3) is 0 Å². The Kier molecular flexibility index (Phi) is 5.16. The fourth-order valence-corrected chi connectivity index (χ4v) is 4.01. The summed E-state index contributed by atoms with van der Waals surface area (Å²) in [6.45, 7) is 8.92. The molecule has 0 bridgehead atoms. The van der Waals surface area contributed by atoms with E-state index in [9.17, 15) is 5.11 Å². The molecule has 2 atom stereocenters. The number of hydrogen-bond acceptors (Lipinski definition) is 3. The van der Waals surface area contributed by atoms with Crippen LogP contribution in [0.5, 0.6) is 0 Å². The number of thioether (sulfide) groups is 1. The average Bonchev–Trinajstić information content (AvgIpc) is 3.17. The molecule has 0 aromatic heterocycles. The third-order valence-electron chi connectivity index (χ3n) is 3.89.